The van der Waals surface area contributed by atoms with Crippen molar-refractivity contribution in [3.8, 4) is 0 Å². The first-order chi connectivity index (χ1) is 7.77. The van der Waals surface area contributed by atoms with E-state index < -0.39 is 0 Å². The highest BCUT2D eigenvalue weighted by atomic mass is 32.2. The van der Waals surface area contributed by atoms with Crippen LogP contribution in [-0.4, -0.2) is 26.1 Å². The highest BCUT2D eigenvalue weighted by Crippen LogP contribution is 2.27. The van der Waals surface area contributed by atoms with Gasteiger partial charge in [-0.2, -0.15) is 10.3 Å². The van der Waals surface area contributed by atoms with Gasteiger partial charge in [-0.15, -0.1) is 16.9 Å². The quantitative estimate of drug-likeness (QED) is 0.829. The summed E-state index contributed by atoms with van der Waals surface area (Å²) in [6.45, 7) is 6.44. The Bertz CT molecular complexity index is 492. The van der Waals surface area contributed by atoms with Crippen LogP contribution in [0.2, 0.25) is 0 Å². The third-order valence-electron chi connectivity index (χ3n) is 2.60. The molecule has 0 radical (unpaired) electrons. The van der Waals surface area contributed by atoms with Crippen LogP contribution in [0.25, 0.3) is 11.2 Å². The molecule has 2 heterocycles. The Kier molecular flexibility index (Phi) is 3.43. The molecule has 0 aliphatic carbocycles. The number of nitrogens with zero attached hydrogens (tertiary/aromatic N) is 3. The van der Waals surface area contributed by atoms with Crippen molar-refractivity contribution in [2.75, 3.05) is 5.75 Å². The molecule has 2 rings (SSSR count). The molecule has 1 N–H and O–H groups in total. The monoisotopic (exact) mass is 236 g/mol. The number of hydrogen-bond donors (Lipinski definition) is 1. The molecule has 0 spiro atoms. The Morgan fingerprint density at radius 2 is 2.06 bits per heavy atom. The molecule has 0 saturated carbocycles. The minimum Gasteiger partial charge on any atom is -0.218 e. The standard InChI is InChI=1S/C11H16N4S/c1-4-6-16-11-8(5-2)7(3)9-10(12-11)14-15-13-9/h4-6H2,1-3H3,(H,12,13,14,15). The highest BCUT2D eigenvalue weighted by Gasteiger charge is 2.13. The molecule has 0 saturated heterocycles. The van der Waals surface area contributed by atoms with E-state index in [9.17, 15) is 0 Å². The van der Waals surface area contributed by atoms with E-state index in [2.05, 4.69) is 41.2 Å². The number of aromatic nitrogens is 4. The summed E-state index contributed by atoms with van der Waals surface area (Å²) in [7, 11) is 0. The normalized spacial score (nSPS) is 11.2. The van der Waals surface area contributed by atoms with Crippen LogP contribution in [0.3, 0.4) is 0 Å². The molecule has 86 valence electrons. The second kappa shape index (κ2) is 4.82. The second-order valence-corrected chi connectivity index (χ2v) is 4.80. The molecular formula is C11H16N4S. The van der Waals surface area contributed by atoms with Crippen LogP contribution in [0.1, 0.15) is 31.4 Å². The van der Waals surface area contributed by atoms with Crippen LogP contribution in [-0.2, 0) is 6.42 Å². The van der Waals surface area contributed by atoms with Gasteiger partial charge in [0.15, 0.2) is 0 Å². The number of H-pyrrole nitrogens is 1. The van der Waals surface area contributed by atoms with Crippen molar-refractivity contribution < 1.29 is 0 Å². The van der Waals surface area contributed by atoms with Crippen molar-refractivity contribution in [1.82, 2.24) is 20.4 Å². The van der Waals surface area contributed by atoms with E-state index in [1.54, 1.807) is 0 Å². The van der Waals surface area contributed by atoms with Crippen molar-refractivity contribution in [3.63, 3.8) is 0 Å². The van der Waals surface area contributed by atoms with Crippen molar-refractivity contribution >= 4 is 22.9 Å². The number of aromatic amines is 1. The number of nitrogens with one attached hydrogen (secondary N) is 1. The SMILES string of the molecule is CCCSc1nc2n[nH]nc2c(C)c1CC. The van der Waals surface area contributed by atoms with E-state index in [0.717, 1.165) is 34.8 Å². The van der Waals surface area contributed by atoms with E-state index in [4.69, 9.17) is 0 Å². The smallest absolute Gasteiger partial charge is 0.202 e. The van der Waals surface area contributed by atoms with E-state index in [1.807, 2.05) is 11.8 Å². The third-order valence-corrected chi connectivity index (χ3v) is 3.82. The summed E-state index contributed by atoms with van der Waals surface area (Å²) in [5, 5.41) is 12.0. The summed E-state index contributed by atoms with van der Waals surface area (Å²) in [6, 6.07) is 0. The first-order valence-corrected chi connectivity index (χ1v) is 6.59. The molecule has 16 heavy (non-hydrogen) atoms. The number of hydrogen-bond acceptors (Lipinski definition) is 4. The molecule has 2 aromatic rings. The zero-order valence-corrected chi connectivity index (χ0v) is 10.7. The third kappa shape index (κ3) is 1.91. The maximum absolute atomic E-state index is 4.56. The minimum absolute atomic E-state index is 0.730. The van der Waals surface area contributed by atoms with Gasteiger partial charge in [0.1, 0.15) is 10.5 Å². The maximum atomic E-state index is 4.56. The van der Waals surface area contributed by atoms with E-state index in [0.29, 0.717) is 0 Å². The molecule has 4 nitrogen and oxygen atoms in total. The first kappa shape index (κ1) is 11.4. The lowest BCUT2D eigenvalue weighted by atomic mass is 10.1. The fourth-order valence-electron chi connectivity index (χ4n) is 1.76. The summed E-state index contributed by atoms with van der Waals surface area (Å²) >= 11 is 1.81. The topological polar surface area (TPSA) is 54.5 Å². The summed E-state index contributed by atoms with van der Waals surface area (Å²) < 4.78 is 0. The largest absolute Gasteiger partial charge is 0.218 e. The highest BCUT2D eigenvalue weighted by molar-refractivity contribution is 7.99. The molecule has 5 heteroatoms. The van der Waals surface area contributed by atoms with Gasteiger partial charge in [-0.25, -0.2) is 4.98 Å². The van der Waals surface area contributed by atoms with Crippen LogP contribution in [0.5, 0.6) is 0 Å². The van der Waals surface area contributed by atoms with Gasteiger partial charge in [-0.1, -0.05) is 13.8 Å². The van der Waals surface area contributed by atoms with E-state index >= 15 is 0 Å². The van der Waals surface area contributed by atoms with Gasteiger partial charge in [0.25, 0.3) is 0 Å². The molecule has 0 amide bonds. The Balaban J connectivity index is 2.53. The fourth-order valence-corrected chi connectivity index (χ4v) is 2.78. The van der Waals surface area contributed by atoms with Crippen LogP contribution >= 0.6 is 11.8 Å². The number of pyridine rings is 1. The van der Waals surface area contributed by atoms with Crippen molar-refractivity contribution in [2.45, 2.75) is 38.6 Å². The van der Waals surface area contributed by atoms with Gasteiger partial charge < -0.3 is 0 Å². The average Bonchev–Trinajstić information content (AvgIpc) is 2.75. The van der Waals surface area contributed by atoms with Crippen molar-refractivity contribution in [2.24, 2.45) is 0 Å². The van der Waals surface area contributed by atoms with Crippen LogP contribution in [0, 0.1) is 6.92 Å². The number of rotatable bonds is 4. The van der Waals surface area contributed by atoms with Crippen molar-refractivity contribution in [1.29, 1.82) is 0 Å². The van der Waals surface area contributed by atoms with Gasteiger partial charge in [-0.3, -0.25) is 0 Å². The Morgan fingerprint density at radius 1 is 1.25 bits per heavy atom. The maximum Gasteiger partial charge on any atom is 0.202 e. The molecule has 0 aromatic carbocycles. The van der Waals surface area contributed by atoms with Gasteiger partial charge >= 0.3 is 0 Å². The predicted molar refractivity (Wildman–Crippen MR) is 66.8 cm³/mol. The van der Waals surface area contributed by atoms with Crippen LogP contribution in [0.15, 0.2) is 5.03 Å². The first-order valence-electron chi connectivity index (χ1n) is 5.60. The molecule has 2 aromatic heterocycles. The van der Waals surface area contributed by atoms with E-state index in [-0.39, 0.29) is 0 Å². The second-order valence-electron chi connectivity index (χ2n) is 3.72. The summed E-state index contributed by atoms with van der Waals surface area (Å²) in [5.74, 6) is 1.10. The lowest BCUT2D eigenvalue weighted by Crippen LogP contribution is -1.97. The summed E-state index contributed by atoms with van der Waals surface area (Å²) in [4.78, 5) is 4.56. The Labute approximate surface area is 99.2 Å². The number of fused-ring (bicyclic) bond motifs is 1. The van der Waals surface area contributed by atoms with Gasteiger partial charge in [0, 0.05) is 0 Å². The summed E-state index contributed by atoms with van der Waals surface area (Å²) in [6.07, 6.45) is 2.15. The molecular weight excluding hydrogens is 220 g/mol. The van der Waals surface area contributed by atoms with E-state index in [1.165, 1.54) is 11.1 Å². The lowest BCUT2D eigenvalue weighted by Gasteiger charge is -2.08. The Morgan fingerprint density at radius 3 is 2.75 bits per heavy atom. The molecule has 0 bridgehead atoms. The summed E-state index contributed by atoms with van der Waals surface area (Å²) in [5.41, 5.74) is 4.14. The fraction of sp³-hybridized carbons (Fsp3) is 0.545. The Hall–Kier alpha value is -1.10. The van der Waals surface area contributed by atoms with Gasteiger partial charge in [0.2, 0.25) is 5.65 Å². The van der Waals surface area contributed by atoms with Gasteiger partial charge in [-0.05, 0) is 36.6 Å². The van der Waals surface area contributed by atoms with Gasteiger partial charge in [0.05, 0.1) is 0 Å². The lowest BCUT2D eigenvalue weighted by molar-refractivity contribution is 0.949. The number of thioether (sulfide) groups is 1. The average molecular weight is 236 g/mol. The molecule has 0 aliphatic rings. The molecule has 0 unspecified atom stereocenters. The molecule has 0 fully saturated rings. The predicted octanol–water partition coefficient (Wildman–Crippen LogP) is 2.73. The molecule has 0 atom stereocenters. The van der Waals surface area contributed by atoms with Crippen LogP contribution in [0.4, 0.5) is 0 Å². The zero-order valence-electron chi connectivity index (χ0n) is 9.87. The van der Waals surface area contributed by atoms with Crippen LogP contribution < -0.4 is 0 Å². The molecule has 0 aliphatic heterocycles. The zero-order chi connectivity index (χ0) is 11.5. The minimum atomic E-state index is 0.730. The number of aryl methyl sites for hydroxylation is 1. The van der Waals surface area contributed by atoms with Crippen molar-refractivity contribution in [3.05, 3.63) is 11.1 Å².